The second-order valence-electron chi connectivity index (χ2n) is 5.65. The number of benzene rings is 2. The Labute approximate surface area is 142 Å². The van der Waals surface area contributed by atoms with Crippen LogP contribution in [0.1, 0.15) is 15.4 Å². The molecule has 1 amide bonds. The number of thiazole rings is 1. The quantitative estimate of drug-likeness (QED) is 0.577. The Morgan fingerprint density at radius 1 is 1.21 bits per heavy atom. The van der Waals surface area contributed by atoms with Crippen molar-refractivity contribution in [2.45, 2.75) is 6.54 Å². The van der Waals surface area contributed by atoms with Gasteiger partial charge in [0.05, 0.1) is 22.3 Å². The average molecular weight is 337 g/mol. The molecule has 2 heterocycles. The molecule has 120 valence electrons. The van der Waals surface area contributed by atoms with E-state index < -0.39 is 0 Å². The maximum atomic E-state index is 12.7. The van der Waals surface area contributed by atoms with E-state index in [1.165, 1.54) is 0 Å². The highest BCUT2D eigenvalue weighted by Gasteiger charge is 2.15. The van der Waals surface area contributed by atoms with Gasteiger partial charge in [0.15, 0.2) is 0 Å². The molecule has 0 N–H and O–H groups in total. The van der Waals surface area contributed by atoms with Gasteiger partial charge in [0.1, 0.15) is 10.5 Å². The van der Waals surface area contributed by atoms with Gasteiger partial charge in [0.2, 0.25) is 0 Å². The predicted octanol–water partition coefficient (Wildman–Crippen LogP) is 2.85. The Morgan fingerprint density at radius 3 is 2.88 bits per heavy atom. The fraction of sp³-hybridized carbons (Fsp3) is 0.176. The predicted molar refractivity (Wildman–Crippen MR) is 93.9 cm³/mol. The number of hydrogen-bond acceptors (Lipinski definition) is 5. The molecule has 0 saturated heterocycles. The summed E-state index contributed by atoms with van der Waals surface area (Å²) in [5, 5.41) is 8.96. The number of para-hydroxylation sites is 1. The minimum Gasteiger partial charge on any atom is -0.335 e. The van der Waals surface area contributed by atoms with Crippen LogP contribution in [-0.4, -0.2) is 37.8 Å². The lowest BCUT2D eigenvalue weighted by Gasteiger charge is -2.15. The van der Waals surface area contributed by atoms with Gasteiger partial charge < -0.3 is 4.90 Å². The zero-order valence-electron chi connectivity index (χ0n) is 13.3. The summed E-state index contributed by atoms with van der Waals surface area (Å²) in [6.45, 7) is 0.483. The van der Waals surface area contributed by atoms with E-state index in [0.29, 0.717) is 12.1 Å². The highest BCUT2D eigenvalue weighted by Crippen LogP contribution is 2.23. The first-order valence-electron chi connectivity index (χ1n) is 7.51. The molecule has 6 nitrogen and oxygen atoms in total. The van der Waals surface area contributed by atoms with Gasteiger partial charge in [0.25, 0.3) is 5.91 Å². The molecule has 24 heavy (non-hydrogen) atoms. The zero-order chi connectivity index (χ0) is 16.7. The highest BCUT2D eigenvalue weighted by atomic mass is 32.1. The third kappa shape index (κ3) is 2.52. The molecule has 0 spiro atoms. The molecule has 0 aliphatic heterocycles. The largest absolute Gasteiger partial charge is 0.335 e. The van der Waals surface area contributed by atoms with Crippen LogP contribution in [0.15, 0.2) is 42.5 Å². The summed E-state index contributed by atoms with van der Waals surface area (Å²) >= 11 is 1.61. The number of hydrogen-bond donors (Lipinski definition) is 0. The maximum absolute atomic E-state index is 12.7. The van der Waals surface area contributed by atoms with Crippen molar-refractivity contribution in [2.24, 2.45) is 7.05 Å². The number of fused-ring (bicyclic) bond motifs is 2. The second-order valence-corrected chi connectivity index (χ2v) is 6.77. The number of carbonyl (C=O) groups excluding carboxylic acids is 1. The molecule has 0 aliphatic rings. The molecule has 0 atom stereocenters. The standard InChI is InChI=1S/C17H15N5OS/c1-21(10-16-18-12-5-3-4-6-15(12)24-16)17(23)11-7-8-14-13(9-11)19-20-22(14)2/h3-9H,10H2,1-2H3. The summed E-state index contributed by atoms with van der Waals surface area (Å²) in [6, 6.07) is 13.4. The molecule has 0 unspecified atom stereocenters. The first kappa shape index (κ1) is 14.8. The molecule has 0 radical (unpaired) electrons. The molecule has 0 fully saturated rings. The third-order valence-corrected chi connectivity index (χ3v) is 4.94. The Kier molecular flexibility index (Phi) is 3.50. The van der Waals surface area contributed by atoms with E-state index in [1.54, 1.807) is 34.0 Å². The molecule has 7 heteroatoms. The Balaban J connectivity index is 1.57. The summed E-state index contributed by atoms with van der Waals surface area (Å²) < 4.78 is 2.82. The number of carbonyl (C=O) groups is 1. The third-order valence-electron chi connectivity index (χ3n) is 3.91. The van der Waals surface area contributed by atoms with Crippen molar-refractivity contribution >= 4 is 38.5 Å². The molecule has 2 aromatic carbocycles. The summed E-state index contributed by atoms with van der Waals surface area (Å²) in [4.78, 5) is 18.9. The molecular weight excluding hydrogens is 322 g/mol. The number of amides is 1. The number of aryl methyl sites for hydroxylation is 1. The monoisotopic (exact) mass is 337 g/mol. The summed E-state index contributed by atoms with van der Waals surface area (Å²) in [5.41, 5.74) is 3.20. The van der Waals surface area contributed by atoms with Gasteiger partial charge >= 0.3 is 0 Å². The van der Waals surface area contributed by atoms with Gasteiger partial charge in [-0.05, 0) is 30.3 Å². The lowest BCUT2D eigenvalue weighted by molar-refractivity contribution is 0.0785. The number of nitrogens with zero attached hydrogens (tertiary/aromatic N) is 5. The fourth-order valence-electron chi connectivity index (χ4n) is 2.66. The Hall–Kier alpha value is -2.80. The van der Waals surface area contributed by atoms with Gasteiger partial charge in [-0.3, -0.25) is 4.79 Å². The van der Waals surface area contributed by atoms with Crippen molar-refractivity contribution in [3.8, 4) is 0 Å². The van der Waals surface area contributed by atoms with Crippen LogP contribution in [0.4, 0.5) is 0 Å². The van der Waals surface area contributed by atoms with Crippen LogP contribution in [0.5, 0.6) is 0 Å². The van der Waals surface area contributed by atoms with E-state index in [9.17, 15) is 4.79 Å². The Morgan fingerprint density at radius 2 is 2.04 bits per heavy atom. The van der Waals surface area contributed by atoms with Crippen LogP contribution in [0.2, 0.25) is 0 Å². The van der Waals surface area contributed by atoms with Gasteiger partial charge in [0, 0.05) is 19.7 Å². The van der Waals surface area contributed by atoms with Crippen LogP contribution < -0.4 is 0 Å². The van der Waals surface area contributed by atoms with Crippen LogP contribution >= 0.6 is 11.3 Å². The zero-order valence-corrected chi connectivity index (χ0v) is 14.1. The van der Waals surface area contributed by atoms with Crippen molar-refractivity contribution in [3.63, 3.8) is 0 Å². The van der Waals surface area contributed by atoms with Crippen molar-refractivity contribution in [3.05, 3.63) is 53.0 Å². The normalized spacial score (nSPS) is 11.2. The molecule has 4 aromatic rings. The first-order valence-corrected chi connectivity index (χ1v) is 8.33. The SMILES string of the molecule is CN(Cc1nc2ccccc2s1)C(=O)c1ccc2c(c1)nnn2C. The van der Waals surface area contributed by atoms with E-state index in [2.05, 4.69) is 15.3 Å². The summed E-state index contributed by atoms with van der Waals surface area (Å²) in [7, 11) is 3.62. The lowest BCUT2D eigenvalue weighted by atomic mass is 10.2. The summed E-state index contributed by atoms with van der Waals surface area (Å²) in [6.07, 6.45) is 0. The van der Waals surface area contributed by atoms with Crippen LogP contribution in [0.25, 0.3) is 21.3 Å². The number of rotatable bonds is 3. The molecule has 4 rings (SSSR count). The van der Waals surface area contributed by atoms with E-state index in [0.717, 1.165) is 26.3 Å². The Bertz CT molecular complexity index is 1020. The molecule has 2 aromatic heterocycles. The van der Waals surface area contributed by atoms with Gasteiger partial charge in [-0.1, -0.05) is 17.3 Å². The van der Waals surface area contributed by atoms with E-state index in [-0.39, 0.29) is 5.91 Å². The van der Waals surface area contributed by atoms with E-state index in [1.807, 2.05) is 43.4 Å². The van der Waals surface area contributed by atoms with Crippen molar-refractivity contribution in [2.75, 3.05) is 7.05 Å². The lowest BCUT2D eigenvalue weighted by Crippen LogP contribution is -2.26. The average Bonchev–Trinajstić information content (AvgIpc) is 3.16. The van der Waals surface area contributed by atoms with E-state index in [4.69, 9.17) is 0 Å². The molecule has 0 saturated carbocycles. The molecule has 0 bridgehead atoms. The second kappa shape index (κ2) is 5.68. The van der Waals surface area contributed by atoms with Crippen molar-refractivity contribution < 1.29 is 4.79 Å². The van der Waals surface area contributed by atoms with Crippen LogP contribution in [-0.2, 0) is 13.6 Å². The minimum absolute atomic E-state index is 0.0539. The number of aromatic nitrogens is 4. The van der Waals surface area contributed by atoms with Gasteiger partial charge in [-0.25, -0.2) is 9.67 Å². The van der Waals surface area contributed by atoms with Gasteiger partial charge in [-0.15, -0.1) is 16.4 Å². The van der Waals surface area contributed by atoms with E-state index >= 15 is 0 Å². The van der Waals surface area contributed by atoms with Crippen LogP contribution in [0.3, 0.4) is 0 Å². The van der Waals surface area contributed by atoms with Crippen LogP contribution in [0, 0.1) is 0 Å². The molecular formula is C17H15N5OS. The topological polar surface area (TPSA) is 63.9 Å². The minimum atomic E-state index is -0.0539. The first-order chi connectivity index (χ1) is 11.6. The van der Waals surface area contributed by atoms with Gasteiger partial charge in [-0.2, -0.15) is 0 Å². The maximum Gasteiger partial charge on any atom is 0.254 e. The van der Waals surface area contributed by atoms with Crippen molar-refractivity contribution in [1.82, 2.24) is 24.9 Å². The smallest absolute Gasteiger partial charge is 0.254 e. The molecule has 0 aliphatic carbocycles. The highest BCUT2D eigenvalue weighted by molar-refractivity contribution is 7.18. The van der Waals surface area contributed by atoms with Crippen molar-refractivity contribution in [1.29, 1.82) is 0 Å². The summed E-state index contributed by atoms with van der Waals surface area (Å²) in [5.74, 6) is -0.0539. The fourth-order valence-corrected chi connectivity index (χ4v) is 3.68.